The maximum atomic E-state index is 11.8. The molecule has 3 heteroatoms. The van der Waals surface area contributed by atoms with Gasteiger partial charge in [-0.25, -0.2) is 4.79 Å². The Morgan fingerprint density at radius 3 is 2.09 bits per heavy atom. The average molecular weight is 306 g/mol. The second-order valence-electron chi connectivity index (χ2n) is 9.22. The van der Waals surface area contributed by atoms with E-state index in [2.05, 4.69) is 20.4 Å². The van der Waals surface area contributed by atoms with Gasteiger partial charge in [-0.3, -0.25) is 0 Å². The minimum Gasteiger partial charge on any atom is -0.456 e. The molecule has 0 aliphatic heterocycles. The molecule has 1 N–H and O–H groups in total. The van der Waals surface area contributed by atoms with Crippen LogP contribution in [0.5, 0.6) is 0 Å². The molecule has 0 amide bonds. The van der Waals surface area contributed by atoms with Gasteiger partial charge in [0.2, 0.25) is 0 Å². The zero-order valence-corrected chi connectivity index (χ0v) is 14.4. The molecule has 0 aromatic rings. The summed E-state index contributed by atoms with van der Waals surface area (Å²) in [4.78, 5) is 11.8. The zero-order valence-electron chi connectivity index (χ0n) is 14.4. The van der Waals surface area contributed by atoms with E-state index in [1.54, 1.807) is 0 Å². The predicted molar refractivity (Wildman–Crippen MR) is 86.2 cm³/mol. The summed E-state index contributed by atoms with van der Waals surface area (Å²) in [5, 5.41) is 10.9. The van der Waals surface area contributed by atoms with Crippen molar-refractivity contribution in [1.29, 1.82) is 0 Å². The third-order valence-corrected chi connectivity index (χ3v) is 7.16. The molecule has 0 radical (unpaired) electrons. The fourth-order valence-electron chi connectivity index (χ4n) is 6.08. The standard InChI is InChI=1S/C19H30O3/c1-6-15(20)22-17(4,5)19-10-13-7-14(11-19)9-18(8-13,12-19)16(2,3)21/h6,13-14,21H,1,7-12H2,2-5H3. The van der Waals surface area contributed by atoms with Crippen molar-refractivity contribution in [2.75, 3.05) is 0 Å². The van der Waals surface area contributed by atoms with Crippen LogP contribution in [-0.4, -0.2) is 22.3 Å². The molecule has 0 heterocycles. The first-order valence-electron chi connectivity index (χ1n) is 8.60. The number of rotatable bonds is 4. The van der Waals surface area contributed by atoms with Gasteiger partial charge in [0.25, 0.3) is 0 Å². The highest BCUT2D eigenvalue weighted by atomic mass is 16.6. The van der Waals surface area contributed by atoms with Gasteiger partial charge in [0.1, 0.15) is 5.60 Å². The fraction of sp³-hybridized carbons (Fsp3) is 0.842. The lowest BCUT2D eigenvalue weighted by molar-refractivity contribution is -0.243. The highest BCUT2D eigenvalue weighted by Gasteiger charge is 2.66. The fourth-order valence-corrected chi connectivity index (χ4v) is 6.08. The average Bonchev–Trinajstić information content (AvgIpc) is 2.35. The van der Waals surface area contributed by atoms with E-state index in [0.717, 1.165) is 32.1 Å². The smallest absolute Gasteiger partial charge is 0.330 e. The first-order chi connectivity index (χ1) is 10.0. The van der Waals surface area contributed by atoms with Crippen molar-refractivity contribution in [2.24, 2.45) is 22.7 Å². The molecular formula is C19H30O3. The molecule has 0 saturated heterocycles. The van der Waals surface area contributed by atoms with Gasteiger partial charge in [-0.1, -0.05) is 6.58 Å². The molecule has 3 nitrogen and oxygen atoms in total. The molecule has 0 aromatic carbocycles. The van der Waals surface area contributed by atoms with Crippen molar-refractivity contribution in [3.05, 3.63) is 12.7 Å². The zero-order chi connectivity index (χ0) is 16.4. The summed E-state index contributed by atoms with van der Waals surface area (Å²) in [5.74, 6) is 0.988. The lowest BCUT2D eigenvalue weighted by Crippen LogP contribution is -2.65. The number of aliphatic hydroxyl groups is 1. The summed E-state index contributed by atoms with van der Waals surface area (Å²) in [5.41, 5.74) is -1.20. The van der Waals surface area contributed by atoms with Gasteiger partial charge < -0.3 is 9.84 Å². The van der Waals surface area contributed by atoms with Crippen LogP contribution in [0.4, 0.5) is 0 Å². The van der Waals surface area contributed by atoms with Crippen molar-refractivity contribution < 1.29 is 14.6 Å². The SMILES string of the molecule is C=CC(=O)OC(C)(C)C12CC3CC(CC(C(C)(C)O)(C3)C1)C2. The molecule has 124 valence electrons. The molecule has 0 aromatic heterocycles. The van der Waals surface area contributed by atoms with E-state index in [1.165, 1.54) is 12.5 Å². The van der Waals surface area contributed by atoms with Gasteiger partial charge in [-0.15, -0.1) is 0 Å². The summed E-state index contributed by atoms with van der Waals surface area (Å²) in [7, 11) is 0. The second kappa shape index (κ2) is 4.59. The Kier molecular flexibility index (Phi) is 3.35. The van der Waals surface area contributed by atoms with Crippen LogP contribution >= 0.6 is 0 Å². The number of hydrogen-bond acceptors (Lipinski definition) is 3. The van der Waals surface area contributed by atoms with Crippen LogP contribution < -0.4 is 0 Å². The Balaban J connectivity index is 1.97. The van der Waals surface area contributed by atoms with Gasteiger partial charge >= 0.3 is 5.97 Å². The van der Waals surface area contributed by atoms with E-state index in [0.29, 0.717) is 11.8 Å². The summed E-state index contributed by atoms with van der Waals surface area (Å²) >= 11 is 0. The summed E-state index contributed by atoms with van der Waals surface area (Å²) in [6.45, 7) is 11.6. The van der Waals surface area contributed by atoms with Crippen LogP contribution in [-0.2, 0) is 9.53 Å². The Bertz CT molecular complexity index is 483. The molecule has 0 spiro atoms. The normalized spacial score (nSPS) is 40.6. The number of hydrogen-bond donors (Lipinski definition) is 1. The molecule has 4 aliphatic rings. The van der Waals surface area contributed by atoms with E-state index in [4.69, 9.17) is 4.74 Å². The Hall–Kier alpha value is -0.830. The van der Waals surface area contributed by atoms with Crippen LogP contribution in [0.1, 0.15) is 66.2 Å². The molecule has 4 aliphatic carbocycles. The van der Waals surface area contributed by atoms with E-state index in [9.17, 15) is 9.90 Å². The number of carbonyl (C=O) groups excluding carboxylic acids is 1. The number of esters is 1. The molecule has 4 bridgehead atoms. The largest absolute Gasteiger partial charge is 0.456 e. The van der Waals surface area contributed by atoms with Gasteiger partial charge in [0.15, 0.2) is 0 Å². The van der Waals surface area contributed by atoms with E-state index in [-0.39, 0.29) is 16.8 Å². The summed E-state index contributed by atoms with van der Waals surface area (Å²) in [6, 6.07) is 0. The molecule has 2 atom stereocenters. The molecule has 4 saturated carbocycles. The van der Waals surface area contributed by atoms with Crippen molar-refractivity contribution in [3.63, 3.8) is 0 Å². The summed E-state index contributed by atoms with van der Waals surface area (Å²) in [6.07, 6.45) is 8.00. The maximum Gasteiger partial charge on any atom is 0.330 e. The van der Waals surface area contributed by atoms with Crippen molar-refractivity contribution in [3.8, 4) is 0 Å². The van der Waals surface area contributed by atoms with Crippen LogP contribution in [0.25, 0.3) is 0 Å². The second-order valence-corrected chi connectivity index (χ2v) is 9.22. The van der Waals surface area contributed by atoms with Crippen molar-refractivity contribution in [2.45, 2.75) is 77.4 Å². The van der Waals surface area contributed by atoms with Crippen LogP contribution in [0.15, 0.2) is 12.7 Å². The monoisotopic (exact) mass is 306 g/mol. The van der Waals surface area contributed by atoms with Crippen LogP contribution in [0.3, 0.4) is 0 Å². The van der Waals surface area contributed by atoms with Gasteiger partial charge in [-0.2, -0.15) is 0 Å². The minimum absolute atomic E-state index is 0.00421. The molecule has 4 rings (SSSR count). The topological polar surface area (TPSA) is 46.5 Å². The van der Waals surface area contributed by atoms with Crippen LogP contribution in [0.2, 0.25) is 0 Å². The first-order valence-corrected chi connectivity index (χ1v) is 8.60. The van der Waals surface area contributed by atoms with E-state index in [1.807, 2.05) is 13.8 Å². The summed E-state index contributed by atoms with van der Waals surface area (Å²) < 4.78 is 5.79. The van der Waals surface area contributed by atoms with Gasteiger partial charge in [-0.05, 0) is 83.5 Å². The first kappa shape index (κ1) is 16.0. The Morgan fingerprint density at radius 2 is 1.64 bits per heavy atom. The molecule has 2 unspecified atom stereocenters. The molecular weight excluding hydrogens is 276 g/mol. The lowest BCUT2D eigenvalue weighted by atomic mass is 9.38. The van der Waals surface area contributed by atoms with Gasteiger partial charge in [0, 0.05) is 11.5 Å². The Morgan fingerprint density at radius 1 is 1.14 bits per heavy atom. The lowest BCUT2D eigenvalue weighted by Gasteiger charge is -2.68. The van der Waals surface area contributed by atoms with E-state index >= 15 is 0 Å². The third kappa shape index (κ3) is 2.16. The highest BCUT2D eigenvalue weighted by molar-refractivity contribution is 5.81. The highest BCUT2D eigenvalue weighted by Crippen LogP contribution is 2.71. The quantitative estimate of drug-likeness (QED) is 0.634. The predicted octanol–water partition coefficient (Wildman–Crippen LogP) is 3.85. The number of carbonyl (C=O) groups is 1. The van der Waals surface area contributed by atoms with E-state index < -0.39 is 11.2 Å². The van der Waals surface area contributed by atoms with Gasteiger partial charge in [0.05, 0.1) is 5.60 Å². The molecule has 4 fully saturated rings. The minimum atomic E-state index is -0.672. The third-order valence-electron chi connectivity index (χ3n) is 7.16. The van der Waals surface area contributed by atoms with Crippen molar-refractivity contribution >= 4 is 5.97 Å². The number of ether oxygens (including phenoxy) is 1. The molecule has 22 heavy (non-hydrogen) atoms. The van der Waals surface area contributed by atoms with Crippen LogP contribution in [0, 0.1) is 22.7 Å². The maximum absolute atomic E-state index is 11.8. The Labute approximate surface area is 134 Å². The van der Waals surface area contributed by atoms with Crippen molar-refractivity contribution in [1.82, 2.24) is 0 Å².